The molecule has 0 aliphatic rings. The third-order valence-corrected chi connectivity index (χ3v) is 6.63. The highest BCUT2D eigenvalue weighted by Gasteiger charge is 2.16. The average molecular weight is 503 g/mol. The highest BCUT2D eigenvalue weighted by Crippen LogP contribution is 2.31. The van der Waals surface area contributed by atoms with Gasteiger partial charge in [-0.15, -0.1) is 0 Å². The zero-order chi connectivity index (χ0) is 26.2. The van der Waals surface area contributed by atoms with Crippen LogP contribution in [-0.2, 0) is 19.4 Å². The van der Waals surface area contributed by atoms with E-state index in [9.17, 15) is 13.2 Å². The van der Waals surface area contributed by atoms with Crippen molar-refractivity contribution in [3.05, 3.63) is 113 Å². The van der Waals surface area contributed by atoms with Crippen molar-refractivity contribution in [1.82, 2.24) is 0 Å². The number of ether oxygens (including phenoxy) is 1. The molecule has 0 radical (unpaired) electrons. The maximum Gasteiger partial charge on any atom is 0.201 e. The maximum absolute atomic E-state index is 14.8. The van der Waals surface area contributed by atoms with Gasteiger partial charge in [-0.1, -0.05) is 93.8 Å². The first-order valence-corrected chi connectivity index (χ1v) is 13.1. The molecule has 4 rings (SSSR count). The second kappa shape index (κ2) is 12.6. The first-order chi connectivity index (χ1) is 18.0. The molecule has 0 heterocycles. The zero-order valence-corrected chi connectivity index (χ0v) is 21.5. The van der Waals surface area contributed by atoms with E-state index in [4.69, 9.17) is 4.74 Å². The van der Waals surface area contributed by atoms with Gasteiger partial charge in [0.05, 0.1) is 0 Å². The number of unbranched alkanes of at least 4 members (excludes halogenated alkanes) is 2. The first kappa shape index (κ1) is 26.5. The summed E-state index contributed by atoms with van der Waals surface area (Å²) in [5.74, 6) is -2.23. The molecule has 0 spiro atoms. The van der Waals surface area contributed by atoms with Crippen molar-refractivity contribution in [1.29, 1.82) is 0 Å². The standard InChI is InChI=1S/C33H33F3O/c1-3-5-6-8-27-17-18-28(21-30(27)34)25-13-11-24(12-14-25)22-37-31-20-19-29(32(35)33(31)36)26-15-9-23(7-4-2)10-16-26/h9-21H,3-8,22H2,1-2H3. The van der Waals surface area contributed by atoms with E-state index >= 15 is 0 Å². The molecule has 0 bridgehead atoms. The molecule has 0 saturated carbocycles. The molecule has 192 valence electrons. The molecule has 0 amide bonds. The Labute approximate surface area is 217 Å². The largest absolute Gasteiger partial charge is 0.486 e. The van der Waals surface area contributed by atoms with Crippen LogP contribution in [0.4, 0.5) is 13.2 Å². The van der Waals surface area contributed by atoms with E-state index in [2.05, 4.69) is 13.8 Å². The van der Waals surface area contributed by atoms with Crippen LogP contribution in [0, 0.1) is 17.5 Å². The van der Waals surface area contributed by atoms with Crippen LogP contribution in [0.15, 0.2) is 78.9 Å². The van der Waals surface area contributed by atoms with Crippen molar-refractivity contribution in [3.8, 4) is 28.0 Å². The van der Waals surface area contributed by atoms with Gasteiger partial charge in [0.1, 0.15) is 12.4 Å². The average Bonchev–Trinajstić information content (AvgIpc) is 2.92. The monoisotopic (exact) mass is 502 g/mol. The number of hydrogen-bond acceptors (Lipinski definition) is 1. The molecule has 0 unspecified atom stereocenters. The smallest absolute Gasteiger partial charge is 0.201 e. The van der Waals surface area contributed by atoms with Crippen LogP contribution >= 0.6 is 0 Å². The lowest BCUT2D eigenvalue weighted by molar-refractivity contribution is 0.285. The molecule has 0 N–H and O–H groups in total. The van der Waals surface area contributed by atoms with E-state index in [1.165, 1.54) is 11.6 Å². The Morgan fingerprint density at radius 2 is 1.27 bits per heavy atom. The fraction of sp³-hybridized carbons (Fsp3) is 0.273. The summed E-state index contributed by atoms with van der Waals surface area (Å²) in [5.41, 5.74) is 5.24. The summed E-state index contributed by atoms with van der Waals surface area (Å²) in [7, 11) is 0. The first-order valence-electron chi connectivity index (χ1n) is 13.1. The number of halogens is 3. The van der Waals surface area contributed by atoms with Crippen LogP contribution in [-0.4, -0.2) is 0 Å². The molecule has 0 aliphatic heterocycles. The maximum atomic E-state index is 14.8. The quantitative estimate of drug-likeness (QED) is 0.186. The van der Waals surface area contributed by atoms with Crippen LogP contribution in [0.5, 0.6) is 5.75 Å². The van der Waals surface area contributed by atoms with Crippen LogP contribution < -0.4 is 4.74 Å². The molecule has 4 aromatic rings. The van der Waals surface area contributed by atoms with Gasteiger partial charge in [-0.3, -0.25) is 0 Å². The van der Waals surface area contributed by atoms with Gasteiger partial charge in [0.25, 0.3) is 0 Å². The van der Waals surface area contributed by atoms with Crippen molar-refractivity contribution in [2.45, 2.75) is 59.0 Å². The predicted molar refractivity (Wildman–Crippen MR) is 145 cm³/mol. The van der Waals surface area contributed by atoms with Gasteiger partial charge < -0.3 is 4.74 Å². The Morgan fingerprint density at radius 1 is 0.595 bits per heavy atom. The molecular formula is C33H33F3O. The molecule has 4 heteroatoms. The van der Waals surface area contributed by atoms with Crippen molar-refractivity contribution >= 4 is 0 Å². The molecule has 37 heavy (non-hydrogen) atoms. The highest BCUT2D eigenvalue weighted by atomic mass is 19.2. The van der Waals surface area contributed by atoms with Gasteiger partial charge in [-0.05, 0) is 70.8 Å². The van der Waals surface area contributed by atoms with Gasteiger partial charge in [-0.25, -0.2) is 8.78 Å². The predicted octanol–water partition coefficient (Wildman–Crippen LogP) is 9.70. The van der Waals surface area contributed by atoms with Crippen molar-refractivity contribution < 1.29 is 17.9 Å². The summed E-state index contributed by atoms with van der Waals surface area (Å²) in [4.78, 5) is 0. The lowest BCUT2D eigenvalue weighted by Gasteiger charge is -2.12. The Morgan fingerprint density at radius 3 is 1.95 bits per heavy atom. The molecule has 4 aromatic carbocycles. The van der Waals surface area contributed by atoms with Crippen molar-refractivity contribution in [3.63, 3.8) is 0 Å². The number of benzene rings is 4. The topological polar surface area (TPSA) is 9.23 Å². The molecular weight excluding hydrogens is 469 g/mol. The molecule has 0 fully saturated rings. The summed E-state index contributed by atoms with van der Waals surface area (Å²) in [6.45, 7) is 4.32. The minimum absolute atomic E-state index is 0.0897. The van der Waals surface area contributed by atoms with Gasteiger partial charge >= 0.3 is 0 Å². The minimum atomic E-state index is -0.999. The van der Waals surface area contributed by atoms with Crippen molar-refractivity contribution in [2.75, 3.05) is 0 Å². The Kier molecular flexibility index (Phi) is 9.05. The lowest BCUT2D eigenvalue weighted by atomic mass is 10.00. The molecule has 0 aliphatic carbocycles. The Bertz CT molecular complexity index is 1310. The van der Waals surface area contributed by atoms with E-state index in [1.54, 1.807) is 12.1 Å². The molecule has 1 nitrogen and oxygen atoms in total. The van der Waals surface area contributed by atoms with Crippen LogP contribution in [0.1, 0.15) is 56.2 Å². The van der Waals surface area contributed by atoms with E-state index in [-0.39, 0.29) is 23.7 Å². The van der Waals surface area contributed by atoms with Crippen LogP contribution in [0.3, 0.4) is 0 Å². The van der Waals surface area contributed by atoms with Gasteiger partial charge in [0.15, 0.2) is 11.6 Å². The second-order valence-corrected chi connectivity index (χ2v) is 9.44. The zero-order valence-electron chi connectivity index (χ0n) is 21.5. The molecule has 0 aromatic heterocycles. The summed E-state index contributed by atoms with van der Waals surface area (Å²) in [6, 6.07) is 23.4. The fourth-order valence-electron chi connectivity index (χ4n) is 4.46. The highest BCUT2D eigenvalue weighted by molar-refractivity contribution is 5.66. The normalized spacial score (nSPS) is 11.1. The number of aryl methyl sites for hydroxylation is 2. The third kappa shape index (κ3) is 6.62. The van der Waals surface area contributed by atoms with Crippen molar-refractivity contribution in [2.24, 2.45) is 0 Å². The van der Waals surface area contributed by atoms with Gasteiger partial charge in [-0.2, -0.15) is 4.39 Å². The minimum Gasteiger partial charge on any atom is -0.486 e. The molecule has 0 atom stereocenters. The summed E-state index contributed by atoms with van der Waals surface area (Å²) >= 11 is 0. The summed E-state index contributed by atoms with van der Waals surface area (Å²) in [5, 5.41) is 0. The van der Waals surface area contributed by atoms with Crippen LogP contribution in [0.25, 0.3) is 22.3 Å². The molecule has 0 saturated heterocycles. The van der Waals surface area contributed by atoms with Gasteiger partial charge in [0.2, 0.25) is 5.82 Å². The fourth-order valence-corrected chi connectivity index (χ4v) is 4.46. The van der Waals surface area contributed by atoms with Crippen LogP contribution in [0.2, 0.25) is 0 Å². The number of rotatable bonds is 11. The summed E-state index contributed by atoms with van der Waals surface area (Å²) < 4.78 is 49.7. The van der Waals surface area contributed by atoms with E-state index in [0.29, 0.717) is 5.56 Å². The second-order valence-electron chi connectivity index (χ2n) is 9.44. The Balaban J connectivity index is 1.40. The Hall–Kier alpha value is -3.53. The van der Waals surface area contributed by atoms with E-state index in [1.807, 2.05) is 60.7 Å². The summed E-state index contributed by atoms with van der Waals surface area (Å²) in [6.07, 6.45) is 5.92. The lowest BCUT2D eigenvalue weighted by Crippen LogP contribution is -2.00. The van der Waals surface area contributed by atoms with Gasteiger partial charge in [0, 0.05) is 5.56 Å². The SMILES string of the molecule is CCCCCc1ccc(-c2ccc(COc3ccc(-c4ccc(CCC)cc4)c(F)c3F)cc2)cc1F. The van der Waals surface area contributed by atoms with E-state index in [0.717, 1.165) is 60.8 Å². The third-order valence-electron chi connectivity index (χ3n) is 6.63. The van der Waals surface area contributed by atoms with E-state index < -0.39 is 11.6 Å². The number of hydrogen-bond donors (Lipinski definition) is 0.